The Hall–Kier alpha value is -1.11. The molecule has 0 aromatic carbocycles. The molecule has 0 amide bonds. The Balaban J connectivity index is 2.01. The van der Waals surface area contributed by atoms with E-state index in [1.54, 1.807) is 4.68 Å². The smallest absolute Gasteiger partial charge is 0.313 e. The zero-order valence-corrected chi connectivity index (χ0v) is 8.27. The van der Waals surface area contributed by atoms with E-state index in [2.05, 4.69) is 15.5 Å². The maximum atomic E-state index is 10.4. The van der Waals surface area contributed by atoms with Crippen LogP contribution in [0, 0.1) is 0 Å². The van der Waals surface area contributed by atoms with Crippen LogP contribution in [0.5, 0.6) is 0 Å². The Morgan fingerprint density at radius 1 is 1.64 bits per heavy atom. The highest BCUT2D eigenvalue weighted by molar-refractivity contribution is 7.99. The molecular weight excluding hydrogens is 204 g/mol. The summed E-state index contributed by atoms with van der Waals surface area (Å²) in [4.78, 5) is 10.4. The third-order valence-corrected chi connectivity index (χ3v) is 3.13. The standard InChI is InChI=1S/C7H10N4O2S/c12-6(13)4-14-7-8-9-10-11(7)5-2-1-3-5/h5H,1-4H2,(H,12,13). The lowest BCUT2D eigenvalue weighted by atomic mass is 9.94. The van der Waals surface area contributed by atoms with Crippen LogP contribution in [-0.2, 0) is 4.79 Å². The first-order valence-corrected chi connectivity index (χ1v) is 5.38. The van der Waals surface area contributed by atoms with Crippen LogP contribution in [0.4, 0.5) is 0 Å². The molecule has 1 heterocycles. The Morgan fingerprint density at radius 2 is 2.43 bits per heavy atom. The van der Waals surface area contributed by atoms with Crippen molar-refractivity contribution in [2.24, 2.45) is 0 Å². The fourth-order valence-corrected chi connectivity index (χ4v) is 1.93. The summed E-state index contributed by atoms with van der Waals surface area (Å²) in [6.45, 7) is 0. The average molecular weight is 214 g/mol. The topological polar surface area (TPSA) is 80.9 Å². The fourth-order valence-electron chi connectivity index (χ4n) is 1.27. The van der Waals surface area contributed by atoms with Gasteiger partial charge in [0, 0.05) is 0 Å². The second kappa shape index (κ2) is 3.95. The number of tetrazole rings is 1. The van der Waals surface area contributed by atoms with Crippen molar-refractivity contribution in [2.75, 3.05) is 5.75 Å². The van der Waals surface area contributed by atoms with Gasteiger partial charge in [0.05, 0.1) is 11.8 Å². The molecule has 1 fully saturated rings. The van der Waals surface area contributed by atoms with Crippen molar-refractivity contribution in [3.05, 3.63) is 0 Å². The Bertz CT molecular complexity index is 336. The van der Waals surface area contributed by atoms with Crippen LogP contribution < -0.4 is 0 Å². The number of hydrogen-bond donors (Lipinski definition) is 1. The minimum atomic E-state index is -0.849. The molecule has 0 bridgehead atoms. The molecule has 1 aromatic heterocycles. The Kier molecular flexibility index (Phi) is 2.67. The lowest BCUT2D eigenvalue weighted by molar-refractivity contribution is -0.133. The van der Waals surface area contributed by atoms with Crippen LogP contribution in [0.2, 0.25) is 0 Å². The summed E-state index contributed by atoms with van der Waals surface area (Å²) in [6.07, 6.45) is 3.38. The monoisotopic (exact) mass is 214 g/mol. The number of aromatic nitrogens is 4. The molecule has 14 heavy (non-hydrogen) atoms. The van der Waals surface area contributed by atoms with Gasteiger partial charge in [0.2, 0.25) is 5.16 Å². The summed E-state index contributed by atoms with van der Waals surface area (Å²) >= 11 is 1.17. The van der Waals surface area contributed by atoms with Gasteiger partial charge in [-0.25, -0.2) is 4.68 Å². The molecule has 7 heteroatoms. The molecule has 1 aliphatic rings. The molecule has 1 N–H and O–H groups in total. The van der Waals surface area contributed by atoms with E-state index in [4.69, 9.17) is 5.11 Å². The predicted octanol–water partition coefficient (Wildman–Crippen LogP) is 0.575. The molecule has 1 aromatic rings. The van der Waals surface area contributed by atoms with Gasteiger partial charge in [-0.05, 0) is 29.7 Å². The number of carboxylic acid groups (broad SMARTS) is 1. The first-order valence-electron chi connectivity index (χ1n) is 4.40. The second-order valence-electron chi connectivity index (χ2n) is 3.17. The van der Waals surface area contributed by atoms with Crippen LogP contribution in [0.3, 0.4) is 0 Å². The zero-order chi connectivity index (χ0) is 9.97. The molecule has 0 atom stereocenters. The molecule has 76 valence electrons. The summed E-state index contributed by atoms with van der Waals surface area (Å²) in [6, 6.07) is 0.376. The fraction of sp³-hybridized carbons (Fsp3) is 0.714. The van der Waals surface area contributed by atoms with Crippen LogP contribution >= 0.6 is 11.8 Å². The predicted molar refractivity (Wildman–Crippen MR) is 49.1 cm³/mol. The van der Waals surface area contributed by atoms with Crippen LogP contribution in [-0.4, -0.2) is 37.0 Å². The number of hydrogen-bond acceptors (Lipinski definition) is 5. The number of carboxylic acids is 1. The van der Waals surface area contributed by atoms with Crippen molar-refractivity contribution in [3.8, 4) is 0 Å². The van der Waals surface area contributed by atoms with Crippen LogP contribution in [0.25, 0.3) is 0 Å². The molecule has 0 spiro atoms. The van der Waals surface area contributed by atoms with Crippen molar-refractivity contribution >= 4 is 17.7 Å². The molecule has 0 aliphatic heterocycles. The van der Waals surface area contributed by atoms with E-state index < -0.39 is 5.97 Å². The van der Waals surface area contributed by atoms with Crippen molar-refractivity contribution in [3.63, 3.8) is 0 Å². The van der Waals surface area contributed by atoms with E-state index >= 15 is 0 Å². The summed E-state index contributed by atoms with van der Waals surface area (Å²) < 4.78 is 1.73. The number of aliphatic carboxylic acids is 1. The third kappa shape index (κ3) is 1.87. The quantitative estimate of drug-likeness (QED) is 0.738. The van der Waals surface area contributed by atoms with Gasteiger partial charge in [-0.2, -0.15) is 0 Å². The minimum Gasteiger partial charge on any atom is -0.481 e. The van der Waals surface area contributed by atoms with Crippen molar-refractivity contribution in [1.29, 1.82) is 0 Å². The molecule has 0 saturated heterocycles. The van der Waals surface area contributed by atoms with Crippen LogP contribution in [0.1, 0.15) is 25.3 Å². The number of nitrogens with zero attached hydrogens (tertiary/aromatic N) is 4. The lowest BCUT2D eigenvalue weighted by Gasteiger charge is -2.25. The average Bonchev–Trinajstić information content (AvgIpc) is 2.46. The van der Waals surface area contributed by atoms with Gasteiger partial charge in [-0.15, -0.1) is 5.10 Å². The molecule has 0 radical (unpaired) electrons. The van der Waals surface area contributed by atoms with E-state index in [1.807, 2.05) is 0 Å². The number of carbonyl (C=O) groups is 1. The van der Waals surface area contributed by atoms with Gasteiger partial charge in [0.1, 0.15) is 0 Å². The largest absolute Gasteiger partial charge is 0.481 e. The van der Waals surface area contributed by atoms with E-state index in [9.17, 15) is 4.79 Å². The lowest BCUT2D eigenvalue weighted by Crippen LogP contribution is -2.19. The molecular formula is C7H10N4O2S. The Labute approximate surface area is 84.7 Å². The van der Waals surface area contributed by atoms with Crippen molar-refractivity contribution in [2.45, 2.75) is 30.5 Å². The second-order valence-corrected chi connectivity index (χ2v) is 4.12. The molecule has 1 aliphatic carbocycles. The van der Waals surface area contributed by atoms with Gasteiger partial charge < -0.3 is 5.11 Å². The highest BCUT2D eigenvalue weighted by atomic mass is 32.2. The summed E-state index contributed by atoms with van der Waals surface area (Å²) in [5.41, 5.74) is 0. The maximum Gasteiger partial charge on any atom is 0.313 e. The van der Waals surface area contributed by atoms with Crippen LogP contribution in [0.15, 0.2) is 5.16 Å². The molecule has 2 rings (SSSR count). The Morgan fingerprint density at radius 3 is 3.00 bits per heavy atom. The van der Waals surface area contributed by atoms with Gasteiger partial charge in [-0.3, -0.25) is 4.79 Å². The van der Waals surface area contributed by atoms with E-state index in [-0.39, 0.29) is 5.75 Å². The number of thioether (sulfide) groups is 1. The first kappa shape index (κ1) is 9.45. The summed E-state index contributed by atoms with van der Waals surface area (Å²) in [5, 5.41) is 20.3. The molecule has 0 unspecified atom stereocenters. The van der Waals surface area contributed by atoms with Gasteiger partial charge in [-0.1, -0.05) is 11.8 Å². The van der Waals surface area contributed by atoms with Gasteiger partial charge >= 0.3 is 5.97 Å². The third-order valence-electron chi connectivity index (χ3n) is 2.21. The zero-order valence-electron chi connectivity index (χ0n) is 7.46. The highest BCUT2D eigenvalue weighted by Crippen LogP contribution is 2.33. The first-order chi connectivity index (χ1) is 6.77. The van der Waals surface area contributed by atoms with Crippen molar-refractivity contribution in [1.82, 2.24) is 20.2 Å². The molecule has 6 nitrogen and oxygen atoms in total. The van der Waals surface area contributed by atoms with Gasteiger partial charge in [0.15, 0.2) is 0 Å². The minimum absolute atomic E-state index is 0.00704. The van der Waals surface area contributed by atoms with E-state index in [1.165, 1.54) is 18.2 Å². The maximum absolute atomic E-state index is 10.4. The van der Waals surface area contributed by atoms with Gasteiger partial charge in [0.25, 0.3) is 0 Å². The van der Waals surface area contributed by atoms with E-state index in [0.717, 1.165) is 12.8 Å². The van der Waals surface area contributed by atoms with Crippen molar-refractivity contribution < 1.29 is 9.90 Å². The SMILES string of the molecule is O=C(O)CSc1nnnn1C1CCC1. The highest BCUT2D eigenvalue weighted by Gasteiger charge is 2.23. The number of rotatable bonds is 4. The normalized spacial score (nSPS) is 16.6. The van der Waals surface area contributed by atoms with E-state index in [0.29, 0.717) is 11.2 Å². The molecule has 1 saturated carbocycles. The summed E-state index contributed by atoms with van der Waals surface area (Å²) in [5.74, 6) is -0.842. The summed E-state index contributed by atoms with van der Waals surface area (Å²) in [7, 11) is 0.